The van der Waals surface area contributed by atoms with Gasteiger partial charge < -0.3 is 9.40 Å². The van der Waals surface area contributed by atoms with Crippen LogP contribution >= 0.6 is 0 Å². The summed E-state index contributed by atoms with van der Waals surface area (Å²) in [6, 6.07) is 28.0. The van der Waals surface area contributed by atoms with Gasteiger partial charge in [-0.15, -0.1) is 18.2 Å². The van der Waals surface area contributed by atoms with Crippen molar-refractivity contribution in [2.45, 2.75) is 102 Å². The Bertz CT molecular complexity index is 2050. The van der Waals surface area contributed by atoms with Gasteiger partial charge in [0.1, 0.15) is 0 Å². The number of pyridine rings is 3. The molecule has 4 heterocycles. The average molecular weight is 903 g/mol. The first kappa shape index (κ1) is 38.1. The van der Waals surface area contributed by atoms with Crippen LogP contribution in [0.5, 0.6) is 0 Å². The molecule has 1 radical (unpaired) electrons. The van der Waals surface area contributed by atoms with Crippen LogP contribution in [-0.4, -0.2) is 28.2 Å². The van der Waals surface area contributed by atoms with E-state index in [2.05, 4.69) is 117 Å². The van der Waals surface area contributed by atoms with Crippen molar-refractivity contribution in [1.29, 1.82) is 0 Å². The SMILES string of the molecule is CC(C)Cc1cc(-c2[c-]ccc(C3CCCCC3)c2)nc[c]1[Ge]([CH3])([CH3])[CH3].Cc1ccnc(-c2[c-]ccc3c2oc2nc(C(C)C)ccc23)c1.[Ir]. The quantitative estimate of drug-likeness (QED) is 0.118. The van der Waals surface area contributed by atoms with E-state index in [9.17, 15) is 0 Å². The van der Waals surface area contributed by atoms with E-state index < -0.39 is 13.3 Å². The van der Waals surface area contributed by atoms with E-state index in [0.717, 1.165) is 56.9 Å². The van der Waals surface area contributed by atoms with Gasteiger partial charge in [0.2, 0.25) is 5.71 Å². The molecule has 6 aromatic rings. The van der Waals surface area contributed by atoms with Crippen LogP contribution in [0.3, 0.4) is 0 Å². The van der Waals surface area contributed by atoms with Gasteiger partial charge in [-0.25, -0.2) is 4.98 Å². The first-order valence-electron chi connectivity index (χ1n) is 18.2. The summed E-state index contributed by atoms with van der Waals surface area (Å²) in [5.74, 6) is 9.18. The zero-order valence-corrected chi connectivity index (χ0v) is 35.5. The predicted octanol–water partition coefficient (Wildman–Crippen LogP) is 11.6. The van der Waals surface area contributed by atoms with Crippen molar-refractivity contribution in [3.8, 4) is 22.5 Å². The molecule has 50 heavy (non-hydrogen) atoms. The summed E-state index contributed by atoms with van der Waals surface area (Å²) in [5.41, 5.74) is 10.7. The molecule has 4 aromatic heterocycles. The van der Waals surface area contributed by atoms with Crippen LogP contribution in [0.4, 0.5) is 0 Å². The first-order valence-corrected chi connectivity index (χ1v) is 25.5. The van der Waals surface area contributed by atoms with Gasteiger partial charge >= 0.3 is 163 Å². The molecule has 0 atom stereocenters. The number of hydrogen-bond donors (Lipinski definition) is 0. The van der Waals surface area contributed by atoms with Crippen LogP contribution in [0, 0.1) is 25.0 Å². The van der Waals surface area contributed by atoms with E-state index in [4.69, 9.17) is 9.40 Å². The smallest absolute Gasteiger partial charge is 0.216 e. The maximum absolute atomic E-state index is 6.09. The number of nitrogens with zero attached hydrogens (tertiary/aromatic N) is 3. The molecule has 0 saturated heterocycles. The zero-order chi connectivity index (χ0) is 34.7. The Kier molecular flexibility index (Phi) is 12.6. The van der Waals surface area contributed by atoms with Crippen LogP contribution in [0.25, 0.3) is 44.6 Å². The molecule has 1 fully saturated rings. The number of fused-ring (bicyclic) bond motifs is 3. The summed E-state index contributed by atoms with van der Waals surface area (Å²) < 4.78 is 7.65. The largest absolute Gasteiger partial charge is 0.486 e. The number of aryl methyl sites for hydroxylation is 1. The molecule has 0 N–H and O–H groups in total. The van der Waals surface area contributed by atoms with E-state index in [1.807, 2.05) is 30.5 Å². The Morgan fingerprint density at radius 2 is 1.60 bits per heavy atom. The molecular formula is C44H51GeIrN3O-2. The van der Waals surface area contributed by atoms with Gasteiger partial charge in [0.25, 0.3) is 0 Å². The Morgan fingerprint density at radius 3 is 2.30 bits per heavy atom. The van der Waals surface area contributed by atoms with Crippen molar-refractivity contribution in [3.63, 3.8) is 0 Å². The Morgan fingerprint density at radius 1 is 0.840 bits per heavy atom. The molecule has 4 nitrogen and oxygen atoms in total. The second kappa shape index (κ2) is 16.5. The van der Waals surface area contributed by atoms with Gasteiger partial charge in [-0.1, -0.05) is 36.4 Å². The van der Waals surface area contributed by atoms with Gasteiger partial charge in [-0.2, -0.15) is 0 Å². The minimum absolute atomic E-state index is 0. The maximum atomic E-state index is 6.09. The molecule has 1 saturated carbocycles. The van der Waals surface area contributed by atoms with Gasteiger partial charge in [-0.3, -0.25) is 0 Å². The third-order valence-electron chi connectivity index (χ3n) is 9.69. The molecule has 0 spiro atoms. The maximum Gasteiger partial charge on any atom is 0.216 e. The summed E-state index contributed by atoms with van der Waals surface area (Å²) in [4.78, 5) is 14.0. The summed E-state index contributed by atoms with van der Waals surface area (Å²) in [5, 5.41) is 2.09. The fourth-order valence-electron chi connectivity index (χ4n) is 7.07. The van der Waals surface area contributed by atoms with Crippen molar-refractivity contribution in [3.05, 3.63) is 108 Å². The summed E-state index contributed by atoms with van der Waals surface area (Å²) in [6.07, 6.45) is 12.0. The number of rotatable bonds is 7. The third kappa shape index (κ3) is 8.84. The minimum atomic E-state index is -1.91. The van der Waals surface area contributed by atoms with E-state index in [0.29, 0.717) is 17.5 Å². The fraction of sp³-hybridized carbons (Fsp3) is 0.386. The van der Waals surface area contributed by atoms with Crippen molar-refractivity contribution in [2.75, 3.05) is 0 Å². The fourth-order valence-corrected chi connectivity index (χ4v) is 10.4. The molecule has 0 amide bonds. The predicted molar refractivity (Wildman–Crippen MR) is 208 cm³/mol. The summed E-state index contributed by atoms with van der Waals surface area (Å²) >= 11 is -1.91. The van der Waals surface area contributed by atoms with Crippen LogP contribution in [0.2, 0.25) is 17.3 Å². The number of benzene rings is 2. The van der Waals surface area contributed by atoms with Gasteiger partial charge in [0, 0.05) is 37.4 Å². The van der Waals surface area contributed by atoms with E-state index >= 15 is 0 Å². The molecule has 1 aliphatic carbocycles. The Balaban J connectivity index is 0.000000192. The Hall–Kier alpha value is -3.12. The second-order valence-electron chi connectivity index (χ2n) is 15.6. The molecule has 0 aliphatic heterocycles. The third-order valence-corrected chi connectivity index (χ3v) is 14.0. The second-order valence-corrected chi connectivity index (χ2v) is 26.2. The van der Waals surface area contributed by atoms with E-state index in [1.54, 1.807) is 4.40 Å². The molecule has 263 valence electrons. The van der Waals surface area contributed by atoms with Crippen LogP contribution in [0.1, 0.15) is 94.0 Å². The van der Waals surface area contributed by atoms with Crippen molar-refractivity contribution >= 4 is 39.7 Å². The summed E-state index contributed by atoms with van der Waals surface area (Å²) in [7, 11) is 0. The van der Waals surface area contributed by atoms with Crippen molar-refractivity contribution in [1.82, 2.24) is 15.0 Å². The first-order chi connectivity index (χ1) is 23.5. The number of hydrogen-bond acceptors (Lipinski definition) is 4. The molecule has 2 aromatic carbocycles. The molecule has 7 rings (SSSR count). The number of aromatic nitrogens is 3. The van der Waals surface area contributed by atoms with Crippen LogP contribution in [0.15, 0.2) is 77.5 Å². The molecular weight excluding hydrogens is 851 g/mol. The normalized spacial score (nSPS) is 13.8. The molecule has 6 heteroatoms. The van der Waals surface area contributed by atoms with Gasteiger partial charge in [0.05, 0.1) is 5.58 Å². The van der Waals surface area contributed by atoms with Gasteiger partial charge in [0.15, 0.2) is 0 Å². The molecule has 0 bridgehead atoms. The van der Waals surface area contributed by atoms with Crippen LogP contribution in [-0.2, 0) is 26.5 Å². The van der Waals surface area contributed by atoms with Gasteiger partial charge in [-0.05, 0) is 36.7 Å². The van der Waals surface area contributed by atoms with E-state index in [-0.39, 0.29) is 20.1 Å². The molecule has 1 aliphatic rings. The standard InChI is InChI=1S/C24H34GeN.C20H17N2O.Ir/c1-18(2)14-22-16-24(26-17-23(22)25(3,4)5)21-13-9-12-20(15-21)19-10-7-6-8-11-19;1-12(2)17-8-7-15-14-5-4-6-16(19(14)23-20(15)22-17)18-11-13(3)9-10-21-18;/h9,12,15-19H,6-8,10-11,14H2,1-5H3;4-5,7-12H,1-3H3;/q2*-1;. The van der Waals surface area contributed by atoms with Crippen LogP contribution < -0.4 is 4.40 Å². The van der Waals surface area contributed by atoms with E-state index in [1.165, 1.54) is 48.8 Å². The van der Waals surface area contributed by atoms with Crippen molar-refractivity contribution in [2.24, 2.45) is 5.92 Å². The average Bonchev–Trinajstić information content (AvgIpc) is 3.46. The number of furan rings is 1. The molecule has 0 unspecified atom stereocenters. The monoisotopic (exact) mass is 904 g/mol. The van der Waals surface area contributed by atoms with Crippen molar-refractivity contribution < 1.29 is 24.5 Å². The zero-order valence-electron chi connectivity index (χ0n) is 31.0. The summed E-state index contributed by atoms with van der Waals surface area (Å²) in [6.45, 7) is 10.9. The Labute approximate surface area is 315 Å². The minimum Gasteiger partial charge on any atom is -0.486 e. The topological polar surface area (TPSA) is 51.8 Å².